The maximum absolute atomic E-state index is 15.1. The molecule has 2 aliphatic heterocycles. The van der Waals surface area contributed by atoms with E-state index < -0.39 is 61.6 Å². The smallest absolute Gasteiger partial charge is 0.276 e. The second-order valence-corrected chi connectivity index (χ2v) is 12.9. The van der Waals surface area contributed by atoms with Gasteiger partial charge in [0.25, 0.3) is 11.8 Å². The molecule has 0 bridgehead atoms. The molecule has 0 unspecified atom stereocenters. The Kier molecular flexibility index (Phi) is 6.09. The van der Waals surface area contributed by atoms with E-state index in [1.807, 2.05) is 0 Å². The van der Waals surface area contributed by atoms with E-state index in [2.05, 4.69) is 24.6 Å². The quantitative estimate of drug-likeness (QED) is 0.587. The fraction of sp³-hybridized carbons (Fsp3) is 0.429. The lowest BCUT2D eigenvalue weighted by molar-refractivity contribution is -0.00686. The number of nitrogens with one attached hydrogen (secondary N) is 1. The van der Waals surface area contributed by atoms with E-state index in [0.717, 1.165) is 6.07 Å². The predicted molar refractivity (Wildman–Crippen MR) is 128 cm³/mol. The second-order valence-electron chi connectivity index (χ2n) is 9.02. The van der Waals surface area contributed by atoms with Crippen molar-refractivity contribution in [2.45, 2.75) is 48.7 Å². The van der Waals surface area contributed by atoms with Gasteiger partial charge in [0.15, 0.2) is 0 Å². The van der Waals surface area contributed by atoms with E-state index >= 15 is 4.39 Å². The Hall–Kier alpha value is -2.44. The number of nitrogens with zero attached hydrogens (tertiary/aromatic N) is 4. The lowest BCUT2D eigenvalue weighted by Crippen LogP contribution is -2.62. The van der Waals surface area contributed by atoms with Gasteiger partial charge in [0.2, 0.25) is 0 Å². The molecule has 0 saturated carbocycles. The van der Waals surface area contributed by atoms with Gasteiger partial charge in [-0.05, 0) is 39.0 Å². The predicted octanol–water partition coefficient (Wildman–Crippen LogP) is 4.42. The molecule has 0 spiro atoms. The largest absolute Gasteiger partial charge is 0.386 e. The van der Waals surface area contributed by atoms with Gasteiger partial charge < -0.3 is 11.1 Å². The van der Waals surface area contributed by atoms with Gasteiger partial charge in [-0.2, -0.15) is 0 Å². The molecule has 2 aliphatic rings. The highest BCUT2D eigenvalue weighted by Crippen LogP contribution is 2.49. The SMILES string of the molecule is CC1(C)C(N)=N[C@](C)(c2nc(NC(=O)c3ncc(Cl)cc3Cl)ccc2F)[C@H]2CC(F)(F)CN=[S@@]21=O. The van der Waals surface area contributed by atoms with Crippen LogP contribution >= 0.6 is 23.2 Å². The maximum atomic E-state index is 15.1. The fourth-order valence-corrected chi connectivity index (χ4v) is 7.85. The molecule has 35 heavy (non-hydrogen) atoms. The number of pyridine rings is 2. The zero-order valence-corrected chi connectivity index (χ0v) is 21.1. The van der Waals surface area contributed by atoms with Crippen LogP contribution in [0.1, 0.15) is 43.4 Å². The van der Waals surface area contributed by atoms with Crippen LogP contribution in [0.15, 0.2) is 33.8 Å². The molecule has 14 heteroatoms. The van der Waals surface area contributed by atoms with Crippen LogP contribution < -0.4 is 11.1 Å². The van der Waals surface area contributed by atoms with E-state index in [1.54, 1.807) is 0 Å². The van der Waals surface area contributed by atoms with Crippen molar-refractivity contribution in [1.29, 1.82) is 0 Å². The van der Waals surface area contributed by atoms with E-state index in [0.29, 0.717) is 0 Å². The number of carbonyl (C=O) groups excluding carboxylic acids is 1. The van der Waals surface area contributed by atoms with Crippen molar-refractivity contribution in [3.8, 4) is 0 Å². The number of amides is 1. The molecule has 2 aromatic heterocycles. The summed E-state index contributed by atoms with van der Waals surface area (Å²) in [5, 5.41) is 1.23. The lowest BCUT2D eigenvalue weighted by atomic mass is 9.88. The molecular weight excluding hydrogens is 528 g/mol. The topological polar surface area (TPSA) is 123 Å². The summed E-state index contributed by atoms with van der Waals surface area (Å²) in [5.41, 5.74) is 3.70. The average Bonchev–Trinajstić information content (AvgIpc) is 2.75. The summed E-state index contributed by atoms with van der Waals surface area (Å²) in [6.45, 7) is 3.43. The van der Waals surface area contributed by atoms with Crippen LogP contribution in [-0.4, -0.2) is 48.4 Å². The van der Waals surface area contributed by atoms with Gasteiger partial charge in [0.1, 0.15) is 45.7 Å². The summed E-state index contributed by atoms with van der Waals surface area (Å²) in [5.74, 6) is -5.20. The first-order valence-corrected chi connectivity index (χ1v) is 12.7. The van der Waals surface area contributed by atoms with Crippen molar-refractivity contribution in [3.63, 3.8) is 0 Å². The van der Waals surface area contributed by atoms with Gasteiger partial charge in [-0.15, -0.1) is 0 Å². The first-order valence-electron chi connectivity index (χ1n) is 10.3. The third-order valence-corrected chi connectivity index (χ3v) is 10.4. The van der Waals surface area contributed by atoms with Gasteiger partial charge in [0, 0.05) is 12.6 Å². The maximum Gasteiger partial charge on any atom is 0.276 e. The number of alkyl halides is 2. The molecule has 0 aromatic carbocycles. The normalized spacial score (nSPS) is 28.9. The van der Waals surface area contributed by atoms with Crippen LogP contribution in [-0.2, 0) is 15.3 Å². The number of nitrogens with two attached hydrogens (primary N) is 1. The minimum atomic E-state index is -3.44. The molecule has 0 saturated heterocycles. The number of carbonyl (C=O) groups is 1. The Morgan fingerprint density at radius 3 is 2.60 bits per heavy atom. The molecule has 8 nitrogen and oxygen atoms in total. The Morgan fingerprint density at radius 2 is 1.94 bits per heavy atom. The van der Waals surface area contributed by atoms with Gasteiger partial charge in [-0.1, -0.05) is 23.2 Å². The molecule has 0 radical (unpaired) electrons. The molecule has 0 aliphatic carbocycles. The zero-order chi connectivity index (χ0) is 26.0. The summed E-state index contributed by atoms with van der Waals surface area (Å²) >= 11 is 11.8. The van der Waals surface area contributed by atoms with Crippen molar-refractivity contribution < 1.29 is 22.2 Å². The summed E-state index contributed by atoms with van der Waals surface area (Å²) in [6.07, 6.45) is 0.367. The first-order chi connectivity index (χ1) is 16.1. The van der Waals surface area contributed by atoms with Crippen molar-refractivity contribution in [2.24, 2.45) is 15.1 Å². The minimum absolute atomic E-state index is 0.0260. The van der Waals surface area contributed by atoms with E-state index in [4.69, 9.17) is 28.9 Å². The number of fused-ring (bicyclic) bond motifs is 1. The Morgan fingerprint density at radius 1 is 1.26 bits per heavy atom. The Labute approximate surface area is 209 Å². The first kappa shape index (κ1) is 25.6. The summed E-state index contributed by atoms with van der Waals surface area (Å²) in [7, 11) is -3.44. The number of anilines is 1. The van der Waals surface area contributed by atoms with Gasteiger partial charge in [-0.3, -0.25) is 9.79 Å². The number of aliphatic imine (C=N–C) groups is 1. The summed E-state index contributed by atoms with van der Waals surface area (Å²) < 4.78 is 60.6. The molecule has 2 aromatic rings. The van der Waals surface area contributed by atoms with Gasteiger partial charge in [0.05, 0.1) is 25.0 Å². The van der Waals surface area contributed by atoms with Crippen LogP contribution in [0.4, 0.5) is 19.0 Å². The molecule has 3 atom stereocenters. The number of amidine groups is 1. The number of aromatic nitrogens is 2. The Balaban J connectivity index is 1.82. The third-order valence-electron chi connectivity index (χ3n) is 6.27. The standard InChI is InChI=1S/C21H21Cl2F3N6O2S/c1-19(2)18(27)32-20(3,13-7-21(25,26)9-29-35(13,19)34)16-12(24)4-5-14(30-16)31-17(33)15-11(23)6-10(22)8-28-15/h4-6,8,13H,7,9H2,1-3H3,(H2,27,32)(H,30,31,33)/t13-,20+,35-/m1/s1. The zero-order valence-electron chi connectivity index (χ0n) is 18.8. The number of hydrogen-bond donors (Lipinski definition) is 2. The van der Waals surface area contributed by atoms with Crippen LogP contribution in [0.3, 0.4) is 0 Å². The van der Waals surface area contributed by atoms with Crippen molar-refractivity contribution in [2.75, 3.05) is 11.9 Å². The number of halogens is 5. The average molecular weight is 549 g/mol. The third kappa shape index (κ3) is 4.15. The molecule has 3 N–H and O–H groups in total. The molecule has 1 amide bonds. The molecule has 4 rings (SSSR count). The Bertz CT molecular complexity index is 1390. The fourth-order valence-electron chi connectivity index (χ4n) is 4.19. The lowest BCUT2D eigenvalue weighted by Gasteiger charge is -2.48. The van der Waals surface area contributed by atoms with E-state index in [9.17, 15) is 17.8 Å². The summed E-state index contributed by atoms with van der Waals surface area (Å²) in [6, 6.07) is 3.48. The molecular formula is C21H21Cl2F3N6O2S. The highest BCUT2D eigenvalue weighted by atomic mass is 35.5. The van der Waals surface area contributed by atoms with Crippen molar-refractivity contribution >= 4 is 50.5 Å². The monoisotopic (exact) mass is 548 g/mol. The summed E-state index contributed by atoms with van der Waals surface area (Å²) in [4.78, 5) is 25.0. The van der Waals surface area contributed by atoms with Crippen LogP contribution in [0, 0.1) is 5.82 Å². The van der Waals surface area contributed by atoms with Gasteiger partial charge in [-0.25, -0.2) is 31.7 Å². The molecule has 0 fully saturated rings. The van der Waals surface area contributed by atoms with Crippen LogP contribution in [0.5, 0.6) is 0 Å². The number of hydrogen-bond acceptors (Lipinski definition) is 7. The molecule has 188 valence electrons. The van der Waals surface area contributed by atoms with Crippen LogP contribution in [0.25, 0.3) is 0 Å². The minimum Gasteiger partial charge on any atom is -0.386 e. The molecule has 4 heterocycles. The highest BCUT2D eigenvalue weighted by Gasteiger charge is 2.60. The van der Waals surface area contributed by atoms with Crippen LogP contribution in [0.2, 0.25) is 10.0 Å². The van der Waals surface area contributed by atoms with E-state index in [-0.39, 0.29) is 27.4 Å². The number of rotatable bonds is 3. The highest BCUT2D eigenvalue weighted by molar-refractivity contribution is 7.96. The van der Waals surface area contributed by atoms with Crippen molar-refractivity contribution in [1.82, 2.24) is 9.97 Å². The van der Waals surface area contributed by atoms with Gasteiger partial charge >= 0.3 is 0 Å². The van der Waals surface area contributed by atoms with E-state index in [1.165, 1.54) is 39.1 Å². The van der Waals surface area contributed by atoms with Crippen molar-refractivity contribution in [3.05, 3.63) is 51.6 Å². The second kappa shape index (κ2) is 8.31.